The Morgan fingerprint density at radius 2 is 1.90 bits per heavy atom. The van der Waals surface area contributed by atoms with Crippen molar-refractivity contribution in [3.63, 3.8) is 0 Å². The van der Waals surface area contributed by atoms with Crippen LogP contribution in [0.25, 0.3) is 11.3 Å². The van der Waals surface area contributed by atoms with Crippen LogP contribution in [-0.4, -0.2) is 37.9 Å². The summed E-state index contributed by atoms with van der Waals surface area (Å²) in [5.74, 6) is -0.00801. The number of nitrogens with zero attached hydrogens (tertiary/aromatic N) is 4. The maximum atomic E-state index is 13.1. The average molecular weight is 425 g/mol. The van der Waals surface area contributed by atoms with Crippen LogP contribution in [-0.2, 0) is 4.79 Å². The number of halogens is 1. The van der Waals surface area contributed by atoms with Crippen LogP contribution in [0.15, 0.2) is 70.9 Å². The molecule has 4 aromatic rings. The molecule has 152 valence electrons. The molecule has 0 saturated heterocycles. The van der Waals surface area contributed by atoms with Crippen molar-refractivity contribution in [2.75, 3.05) is 18.2 Å². The van der Waals surface area contributed by atoms with Gasteiger partial charge in [-0.3, -0.25) is 18.6 Å². The van der Waals surface area contributed by atoms with E-state index in [2.05, 4.69) is 15.5 Å². The molecule has 0 aliphatic carbocycles. The molecule has 30 heavy (non-hydrogen) atoms. The fraction of sp³-hybridized carbons (Fsp3) is 0.100. The largest absolute Gasteiger partial charge is 0.495 e. The minimum Gasteiger partial charge on any atom is -0.495 e. The molecule has 1 amide bonds. The summed E-state index contributed by atoms with van der Waals surface area (Å²) in [4.78, 5) is 25.0. The zero-order valence-corrected chi connectivity index (χ0v) is 16.6. The molecule has 1 N–H and O–H groups in total. The molecule has 0 radical (unpaired) electrons. The summed E-state index contributed by atoms with van der Waals surface area (Å²) in [6.07, 6.45) is 3.17. The van der Waals surface area contributed by atoms with Gasteiger partial charge in [-0.2, -0.15) is 0 Å². The van der Waals surface area contributed by atoms with Gasteiger partial charge in [-0.25, -0.2) is 4.39 Å². The van der Waals surface area contributed by atoms with E-state index in [9.17, 15) is 14.0 Å². The van der Waals surface area contributed by atoms with Gasteiger partial charge < -0.3 is 10.1 Å². The first kappa shape index (κ1) is 19.6. The van der Waals surface area contributed by atoms with Gasteiger partial charge >= 0.3 is 5.56 Å². The number of para-hydroxylation sites is 2. The minimum absolute atomic E-state index is 0.0693. The third-order valence-electron chi connectivity index (χ3n) is 4.26. The lowest BCUT2D eigenvalue weighted by Gasteiger charge is -2.09. The van der Waals surface area contributed by atoms with Crippen LogP contribution in [0.3, 0.4) is 0 Å². The van der Waals surface area contributed by atoms with Gasteiger partial charge in [0.2, 0.25) is 11.6 Å². The van der Waals surface area contributed by atoms with E-state index in [4.69, 9.17) is 4.74 Å². The first-order valence-corrected chi connectivity index (χ1v) is 9.83. The maximum Gasteiger partial charge on any atom is 0.300 e. The van der Waals surface area contributed by atoms with Gasteiger partial charge in [0, 0.05) is 18.1 Å². The molecule has 0 unspecified atom stereocenters. The molecule has 0 spiro atoms. The number of hydrogen-bond acceptors (Lipinski definition) is 6. The summed E-state index contributed by atoms with van der Waals surface area (Å²) in [7, 11) is 1.53. The first-order valence-electron chi connectivity index (χ1n) is 8.85. The number of amides is 1. The maximum absolute atomic E-state index is 13.1. The highest BCUT2D eigenvalue weighted by Crippen LogP contribution is 2.24. The van der Waals surface area contributed by atoms with Gasteiger partial charge in [0.25, 0.3) is 0 Å². The topological polar surface area (TPSA) is 90.5 Å². The Morgan fingerprint density at radius 3 is 2.67 bits per heavy atom. The van der Waals surface area contributed by atoms with E-state index < -0.39 is 5.56 Å². The highest BCUT2D eigenvalue weighted by molar-refractivity contribution is 7.99. The second kappa shape index (κ2) is 8.37. The molecule has 0 atom stereocenters. The normalized spacial score (nSPS) is 10.9. The Hall–Kier alpha value is -3.66. The highest BCUT2D eigenvalue weighted by atomic mass is 32.2. The van der Waals surface area contributed by atoms with Gasteiger partial charge in [0.15, 0.2) is 5.16 Å². The smallest absolute Gasteiger partial charge is 0.300 e. The number of ether oxygens (including phenoxy) is 1. The number of aromatic nitrogens is 4. The quantitative estimate of drug-likeness (QED) is 0.478. The molecular formula is C20H16FN5O3S. The van der Waals surface area contributed by atoms with Crippen molar-refractivity contribution in [3.05, 3.63) is 77.1 Å². The van der Waals surface area contributed by atoms with E-state index in [0.717, 1.165) is 11.8 Å². The average Bonchev–Trinajstić information content (AvgIpc) is 3.18. The molecule has 0 aliphatic heterocycles. The van der Waals surface area contributed by atoms with Crippen LogP contribution in [0.2, 0.25) is 0 Å². The van der Waals surface area contributed by atoms with Gasteiger partial charge in [0.05, 0.1) is 18.6 Å². The molecule has 2 heterocycles. The number of thioether (sulfide) groups is 1. The third-order valence-corrected chi connectivity index (χ3v) is 5.20. The van der Waals surface area contributed by atoms with Crippen LogP contribution >= 0.6 is 11.8 Å². The molecule has 8 nitrogen and oxygen atoms in total. The van der Waals surface area contributed by atoms with Gasteiger partial charge in [-0.1, -0.05) is 23.9 Å². The molecule has 0 bridgehead atoms. The first-order chi connectivity index (χ1) is 14.6. The summed E-state index contributed by atoms with van der Waals surface area (Å²) in [5.41, 5.74) is 0.785. The molecule has 2 aromatic heterocycles. The van der Waals surface area contributed by atoms with Crippen molar-refractivity contribution >= 4 is 29.0 Å². The summed E-state index contributed by atoms with van der Waals surface area (Å²) < 4.78 is 21.2. The number of nitrogens with one attached hydrogen (secondary N) is 1. The number of fused-ring (bicyclic) bond motifs is 1. The molecule has 2 aromatic carbocycles. The van der Waals surface area contributed by atoms with Crippen molar-refractivity contribution in [1.29, 1.82) is 0 Å². The lowest BCUT2D eigenvalue weighted by molar-refractivity contribution is -0.113. The molecule has 0 saturated carbocycles. The molecule has 10 heteroatoms. The zero-order valence-electron chi connectivity index (χ0n) is 15.8. The predicted octanol–water partition coefficient (Wildman–Crippen LogP) is 2.76. The monoisotopic (exact) mass is 425 g/mol. The lowest BCUT2D eigenvalue weighted by Crippen LogP contribution is -2.20. The van der Waals surface area contributed by atoms with Crippen molar-refractivity contribution in [3.8, 4) is 11.4 Å². The van der Waals surface area contributed by atoms with Gasteiger partial charge in [-0.05, 0) is 36.4 Å². The fourth-order valence-corrected chi connectivity index (χ4v) is 3.55. The van der Waals surface area contributed by atoms with Crippen molar-refractivity contribution in [2.24, 2.45) is 0 Å². The lowest BCUT2D eigenvalue weighted by atomic mass is 10.3. The van der Waals surface area contributed by atoms with Crippen LogP contribution in [0.4, 0.5) is 10.1 Å². The van der Waals surface area contributed by atoms with Crippen LogP contribution in [0.5, 0.6) is 5.75 Å². The van der Waals surface area contributed by atoms with E-state index in [-0.39, 0.29) is 23.1 Å². The standard InChI is InChI=1S/C20H16FN5O3S/c1-29-16-5-3-2-4-15(16)22-17(27)12-30-20-24-23-18-19(28)25(10-11-26(18)20)14-8-6-13(21)7-9-14/h2-11H,12H2,1H3,(H,22,27). The molecule has 4 rings (SSSR count). The Labute approximate surface area is 174 Å². The third kappa shape index (κ3) is 3.90. The number of hydrogen-bond donors (Lipinski definition) is 1. The number of carbonyl (C=O) groups is 1. The number of rotatable bonds is 6. The molecule has 0 fully saturated rings. The Morgan fingerprint density at radius 1 is 1.13 bits per heavy atom. The Bertz CT molecular complexity index is 1270. The molecule has 0 aliphatic rings. The second-order valence-corrected chi connectivity index (χ2v) is 7.11. The Kier molecular flexibility index (Phi) is 5.48. The molecular weight excluding hydrogens is 409 g/mol. The van der Waals surface area contributed by atoms with Gasteiger partial charge in [-0.15, -0.1) is 10.2 Å². The number of methoxy groups -OCH3 is 1. The van der Waals surface area contributed by atoms with E-state index in [1.54, 1.807) is 30.6 Å². The van der Waals surface area contributed by atoms with E-state index >= 15 is 0 Å². The Balaban J connectivity index is 1.51. The van der Waals surface area contributed by atoms with E-state index in [1.165, 1.54) is 40.3 Å². The van der Waals surface area contributed by atoms with Crippen molar-refractivity contribution < 1.29 is 13.9 Å². The van der Waals surface area contributed by atoms with Crippen LogP contribution in [0.1, 0.15) is 0 Å². The number of benzene rings is 2. The van der Waals surface area contributed by atoms with Crippen molar-refractivity contribution in [2.45, 2.75) is 5.16 Å². The van der Waals surface area contributed by atoms with E-state index in [0.29, 0.717) is 22.3 Å². The second-order valence-electron chi connectivity index (χ2n) is 6.16. The van der Waals surface area contributed by atoms with Crippen molar-refractivity contribution in [1.82, 2.24) is 19.2 Å². The highest BCUT2D eigenvalue weighted by Gasteiger charge is 2.14. The van der Waals surface area contributed by atoms with Crippen LogP contribution in [0, 0.1) is 5.82 Å². The SMILES string of the molecule is COc1ccccc1NC(=O)CSc1nnc2c(=O)n(-c3ccc(F)cc3)ccn12. The number of carbonyl (C=O) groups excluding carboxylic acids is 1. The summed E-state index contributed by atoms with van der Waals surface area (Å²) in [6.45, 7) is 0. The minimum atomic E-state index is -0.401. The predicted molar refractivity (Wildman–Crippen MR) is 111 cm³/mol. The fourth-order valence-electron chi connectivity index (χ4n) is 2.83. The summed E-state index contributed by atoms with van der Waals surface area (Å²) in [6, 6.07) is 12.7. The van der Waals surface area contributed by atoms with Crippen LogP contribution < -0.4 is 15.6 Å². The van der Waals surface area contributed by atoms with E-state index in [1.807, 2.05) is 6.07 Å². The van der Waals surface area contributed by atoms with Gasteiger partial charge in [0.1, 0.15) is 11.6 Å². The summed E-state index contributed by atoms with van der Waals surface area (Å²) in [5, 5.41) is 11.1. The zero-order chi connectivity index (χ0) is 21.1. The number of anilines is 1. The summed E-state index contributed by atoms with van der Waals surface area (Å²) >= 11 is 1.15.